The Morgan fingerprint density at radius 3 is 2.68 bits per heavy atom. The first kappa shape index (κ1) is 20.3. The number of carbonyl (C=O) groups excluding carboxylic acids is 2. The second-order valence-corrected chi connectivity index (χ2v) is 8.30. The summed E-state index contributed by atoms with van der Waals surface area (Å²) in [6, 6.07) is 12.1. The molecule has 1 unspecified atom stereocenters. The molecule has 3 amide bonds. The molecule has 28 heavy (non-hydrogen) atoms. The Morgan fingerprint density at radius 2 is 1.96 bits per heavy atom. The molecule has 0 saturated carbocycles. The SMILES string of the molecule is CC(C)CCCN(C)Cc1ccc2cccc(CCC3NC(=O)NC3=O)c2c1. The smallest absolute Gasteiger partial charge is 0.322 e. The van der Waals surface area contributed by atoms with Gasteiger partial charge in [-0.2, -0.15) is 0 Å². The maximum Gasteiger partial charge on any atom is 0.322 e. The number of aryl methyl sites for hydroxylation is 1. The van der Waals surface area contributed by atoms with Gasteiger partial charge < -0.3 is 10.2 Å². The lowest BCUT2D eigenvalue weighted by Gasteiger charge is -2.18. The number of carbonyl (C=O) groups is 2. The van der Waals surface area contributed by atoms with Crippen LogP contribution in [0.2, 0.25) is 0 Å². The number of rotatable bonds is 9. The van der Waals surface area contributed by atoms with Gasteiger partial charge in [0.25, 0.3) is 5.91 Å². The molecule has 1 aliphatic heterocycles. The second kappa shape index (κ2) is 9.20. The van der Waals surface area contributed by atoms with Crippen molar-refractivity contribution < 1.29 is 9.59 Å². The van der Waals surface area contributed by atoms with Gasteiger partial charge in [0.15, 0.2) is 0 Å². The number of nitrogens with zero attached hydrogens (tertiary/aromatic N) is 1. The van der Waals surface area contributed by atoms with Crippen molar-refractivity contribution in [3.8, 4) is 0 Å². The summed E-state index contributed by atoms with van der Waals surface area (Å²) < 4.78 is 0. The molecule has 1 fully saturated rings. The Bertz CT molecular complexity index is 847. The predicted molar refractivity (Wildman–Crippen MR) is 113 cm³/mol. The lowest BCUT2D eigenvalue weighted by Crippen LogP contribution is -2.29. The molecule has 0 radical (unpaired) electrons. The van der Waals surface area contributed by atoms with E-state index in [1.165, 1.54) is 34.7 Å². The van der Waals surface area contributed by atoms with Crippen LogP contribution in [-0.2, 0) is 17.8 Å². The summed E-state index contributed by atoms with van der Waals surface area (Å²) in [4.78, 5) is 25.5. The van der Waals surface area contributed by atoms with Crippen molar-refractivity contribution >= 4 is 22.7 Å². The number of benzene rings is 2. The van der Waals surface area contributed by atoms with Crippen LogP contribution in [0.1, 0.15) is 44.2 Å². The first-order valence-corrected chi connectivity index (χ1v) is 10.2. The van der Waals surface area contributed by atoms with Crippen molar-refractivity contribution in [2.45, 2.75) is 52.1 Å². The van der Waals surface area contributed by atoms with Crippen molar-refractivity contribution in [1.82, 2.24) is 15.5 Å². The van der Waals surface area contributed by atoms with E-state index < -0.39 is 12.1 Å². The van der Waals surface area contributed by atoms with Crippen LogP contribution in [0, 0.1) is 5.92 Å². The van der Waals surface area contributed by atoms with Gasteiger partial charge in [-0.1, -0.05) is 44.2 Å². The van der Waals surface area contributed by atoms with Crippen molar-refractivity contribution in [3.05, 3.63) is 47.5 Å². The molecule has 1 saturated heterocycles. The number of nitrogens with one attached hydrogen (secondary N) is 2. The molecule has 1 atom stereocenters. The van der Waals surface area contributed by atoms with Gasteiger partial charge in [0.05, 0.1) is 0 Å². The third kappa shape index (κ3) is 5.32. The lowest BCUT2D eigenvalue weighted by molar-refractivity contribution is -0.120. The topological polar surface area (TPSA) is 61.4 Å². The molecule has 5 nitrogen and oxygen atoms in total. The van der Waals surface area contributed by atoms with E-state index >= 15 is 0 Å². The summed E-state index contributed by atoms with van der Waals surface area (Å²) in [5.41, 5.74) is 2.52. The van der Waals surface area contributed by atoms with E-state index in [1.807, 2.05) is 0 Å². The molecular weight excluding hydrogens is 350 g/mol. The zero-order chi connectivity index (χ0) is 20.1. The minimum atomic E-state index is -0.432. The third-order valence-corrected chi connectivity index (χ3v) is 5.37. The number of fused-ring (bicyclic) bond motifs is 1. The molecule has 5 heteroatoms. The summed E-state index contributed by atoms with van der Waals surface area (Å²) in [5.74, 6) is 0.525. The van der Waals surface area contributed by atoms with Gasteiger partial charge in [0.1, 0.15) is 6.04 Å². The zero-order valence-electron chi connectivity index (χ0n) is 17.1. The Hall–Kier alpha value is -2.40. The summed E-state index contributed by atoms with van der Waals surface area (Å²) in [6.45, 7) is 6.58. The number of imide groups is 1. The Morgan fingerprint density at radius 1 is 1.14 bits per heavy atom. The number of hydrogen-bond acceptors (Lipinski definition) is 3. The fraction of sp³-hybridized carbons (Fsp3) is 0.478. The minimum Gasteiger partial charge on any atom is -0.326 e. The van der Waals surface area contributed by atoms with E-state index in [0.717, 1.165) is 25.4 Å². The summed E-state index contributed by atoms with van der Waals surface area (Å²) >= 11 is 0. The number of amides is 3. The van der Waals surface area contributed by atoms with Crippen molar-refractivity contribution in [2.75, 3.05) is 13.6 Å². The standard InChI is InChI=1S/C23H31N3O2/c1-16(2)6-5-13-26(3)15-17-9-10-18-7-4-8-19(20(18)14-17)11-12-21-22(27)25-23(28)24-21/h4,7-10,14,16,21H,5-6,11-13,15H2,1-3H3,(H2,24,25,27,28). The van der Waals surface area contributed by atoms with E-state index in [4.69, 9.17) is 0 Å². The van der Waals surface area contributed by atoms with Crippen LogP contribution in [-0.4, -0.2) is 36.5 Å². The first-order chi connectivity index (χ1) is 13.4. The summed E-state index contributed by atoms with van der Waals surface area (Å²) in [5, 5.41) is 7.43. The summed E-state index contributed by atoms with van der Waals surface area (Å²) in [7, 11) is 2.18. The second-order valence-electron chi connectivity index (χ2n) is 8.30. The molecule has 0 aliphatic carbocycles. The summed E-state index contributed by atoms with van der Waals surface area (Å²) in [6.07, 6.45) is 3.85. The van der Waals surface area contributed by atoms with Crippen LogP contribution >= 0.6 is 0 Å². The largest absolute Gasteiger partial charge is 0.326 e. The van der Waals surface area contributed by atoms with Crippen LogP contribution < -0.4 is 10.6 Å². The third-order valence-electron chi connectivity index (χ3n) is 5.37. The fourth-order valence-electron chi connectivity index (χ4n) is 3.82. The van der Waals surface area contributed by atoms with Crippen LogP contribution in [0.3, 0.4) is 0 Å². The first-order valence-electron chi connectivity index (χ1n) is 10.2. The maximum absolute atomic E-state index is 11.8. The maximum atomic E-state index is 11.8. The van der Waals surface area contributed by atoms with Crippen LogP contribution in [0.25, 0.3) is 10.8 Å². The van der Waals surface area contributed by atoms with Crippen LogP contribution in [0.5, 0.6) is 0 Å². The van der Waals surface area contributed by atoms with Crippen LogP contribution in [0.4, 0.5) is 4.79 Å². The van der Waals surface area contributed by atoms with E-state index in [1.54, 1.807) is 0 Å². The van der Waals surface area contributed by atoms with E-state index in [9.17, 15) is 9.59 Å². The average molecular weight is 382 g/mol. The van der Waals surface area contributed by atoms with E-state index in [2.05, 4.69) is 72.8 Å². The van der Waals surface area contributed by atoms with Gasteiger partial charge in [-0.3, -0.25) is 10.1 Å². The normalized spacial score (nSPS) is 16.8. The van der Waals surface area contributed by atoms with Crippen molar-refractivity contribution in [1.29, 1.82) is 0 Å². The lowest BCUT2D eigenvalue weighted by atomic mass is 9.97. The highest BCUT2D eigenvalue weighted by molar-refractivity contribution is 6.04. The van der Waals surface area contributed by atoms with Gasteiger partial charge in [-0.05, 0) is 73.2 Å². The molecule has 0 aromatic heterocycles. The molecule has 0 bridgehead atoms. The molecule has 2 aromatic rings. The molecule has 2 N–H and O–H groups in total. The zero-order valence-corrected chi connectivity index (χ0v) is 17.1. The van der Waals surface area contributed by atoms with Crippen molar-refractivity contribution in [3.63, 3.8) is 0 Å². The fourth-order valence-corrected chi connectivity index (χ4v) is 3.82. The predicted octanol–water partition coefficient (Wildman–Crippen LogP) is 3.85. The molecule has 0 spiro atoms. The number of urea groups is 1. The molecule has 2 aromatic carbocycles. The van der Waals surface area contributed by atoms with Gasteiger partial charge in [0.2, 0.25) is 0 Å². The Labute approximate surface area is 167 Å². The van der Waals surface area contributed by atoms with E-state index in [0.29, 0.717) is 6.42 Å². The molecular formula is C23H31N3O2. The number of hydrogen-bond donors (Lipinski definition) is 2. The Kier molecular flexibility index (Phi) is 6.68. The Balaban J connectivity index is 1.67. The van der Waals surface area contributed by atoms with Gasteiger partial charge >= 0.3 is 6.03 Å². The molecule has 150 valence electrons. The molecule has 1 aliphatic rings. The van der Waals surface area contributed by atoms with Crippen LogP contribution in [0.15, 0.2) is 36.4 Å². The molecule has 3 rings (SSSR count). The highest BCUT2D eigenvalue weighted by atomic mass is 16.2. The quantitative estimate of drug-likeness (QED) is 0.649. The average Bonchev–Trinajstić information content (AvgIpc) is 2.97. The van der Waals surface area contributed by atoms with E-state index in [-0.39, 0.29) is 5.91 Å². The van der Waals surface area contributed by atoms with Gasteiger partial charge in [-0.25, -0.2) is 4.79 Å². The van der Waals surface area contributed by atoms with Crippen molar-refractivity contribution in [2.24, 2.45) is 5.92 Å². The van der Waals surface area contributed by atoms with Gasteiger partial charge in [0, 0.05) is 6.54 Å². The van der Waals surface area contributed by atoms with Gasteiger partial charge in [-0.15, -0.1) is 0 Å². The highest BCUT2D eigenvalue weighted by Gasteiger charge is 2.28. The molecule has 1 heterocycles. The highest BCUT2D eigenvalue weighted by Crippen LogP contribution is 2.23. The minimum absolute atomic E-state index is 0.228. The monoisotopic (exact) mass is 381 g/mol.